The third-order valence-electron chi connectivity index (χ3n) is 14.6. The number of hydrogen-bond acceptors (Lipinski definition) is 7. The molecular formula is C68H127NO8P+. The number of unbranched alkanes of at least 4 members (excludes halogenated alkanes) is 37. The van der Waals surface area contributed by atoms with Crippen LogP contribution in [0.25, 0.3) is 0 Å². The van der Waals surface area contributed by atoms with Crippen molar-refractivity contribution in [3.05, 3.63) is 60.8 Å². The van der Waals surface area contributed by atoms with E-state index in [0.29, 0.717) is 23.9 Å². The standard InChI is InChI=1S/C68H126NO8P/c1-6-8-10-12-14-16-18-20-22-24-26-27-28-29-30-31-32-33-34-35-36-37-38-39-40-41-43-45-47-49-51-53-55-57-59-61-68(71)77-66(65-76-78(72,73)75-63-62-69(3,4)5)64-74-67(70)60-58-56-54-52-50-48-46-44-42-25-23-21-19-17-15-13-11-9-7-2/h8,10,14,16,20,22,26-27,29-30,66H,6-7,9,11-13,15,17-19,21,23-25,28,31-65H2,1-5H3/p+1/b10-8-,16-14-,22-20-,27-26-,30-29-. The van der Waals surface area contributed by atoms with Gasteiger partial charge in [-0.3, -0.25) is 18.6 Å². The summed E-state index contributed by atoms with van der Waals surface area (Å²) >= 11 is 0. The van der Waals surface area contributed by atoms with Gasteiger partial charge in [0, 0.05) is 12.8 Å². The number of allylic oxidation sites excluding steroid dienone is 10. The molecule has 0 spiro atoms. The van der Waals surface area contributed by atoms with Crippen LogP contribution in [0.3, 0.4) is 0 Å². The molecule has 0 fully saturated rings. The number of nitrogens with zero attached hydrogens (tertiary/aromatic N) is 1. The van der Waals surface area contributed by atoms with Gasteiger partial charge in [0.15, 0.2) is 6.10 Å². The summed E-state index contributed by atoms with van der Waals surface area (Å²) in [5, 5.41) is 0. The first kappa shape index (κ1) is 75.7. The zero-order valence-electron chi connectivity index (χ0n) is 51.9. The first-order chi connectivity index (χ1) is 38.0. The molecule has 2 unspecified atom stereocenters. The maximum Gasteiger partial charge on any atom is 0.472 e. The highest BCUT2D eigenvalue weighted by Crippen LogP contribution is 2.43. The summed E-state index contributed by atoms with van der Waals surface area (Å²) < 4.78 is 34.7. The molecule has 0 saturated carbocycles. The van der Waals surface area contributed by atoms with E-state index in [0.717, 1.165) is 64.2 Å². The summed E-state index contributed by atoms with van der Waals surface area (Å²) in [6.45, 7) is 4.37. The lowest BCUT2D eigenvalue weighted by molar-refractivity contribution is -0.870. The summed E-state index contributed by atoms with van der Waals surface area (Å²) in [6, 6.07) is 0. The normalized spacial score (nSPS) is 13.6. The van der Waals surface area contributed by atoms with Crippen LogP contribution in [-0.2, 0) is 32.7 Å². The van der Waals surface area contributed by atoms with Crippen molar-refractivity contribution < 1.29 is 42.1 Å². The van der Waals surface area contributed by atoms with Gasteiger partial charge in [0.2, 0.25) is 0 Å². The van der Waals surface area contributed by atoms with Crippen molar-refractivity contribution in [3.8, 4) is 0 Å². The van der Waals surface area contributed by atoms with Gasteiger partial charge in [0.25, 0.3) is 0 Å². The van der Waals surface area contributed by atoms with Crippen LogP contribution in [0.15, 0.2) is 60.8 Å². The van der Waals surface area contributed by atoms with Crippen molar-refractivity contribution in [3.63, 3.8) is 0 Å². The molecule has 78 heavy (non-hydrogen) atoms. The molecule has 0 aromatic carbocycles. The Morgan fingerprint density at radius 1 is 0.410 bits per heavy atom. The van der Waals surface area contributed by atoms with E-state index in [9.17, 15) is 19.0 Å². The Morgan fingerprint density at radius 2 is 0.731 bits per heavy atom. The molecule has 0 aliphatic rings. The number of likely N-dealkylation sites (N-methyl/N-ethyl adjacent to an activating group) is 1. The summed E-state index contributed by atoms with van der Waals surface area (Å²) in [5.41, 5.74) is 0. The third-order valence-corrected chi connectivity index (χ3v) is 15.5. The Morgan fingerprint density at radius 3 is 1.09 bits per heavy atom. The van der Waals surface area contributed by atoms with E-state index in [1.807, 2.05) is 21.1 Å². The Bertz CT molecular complexity index is 1500. The molecule has 0 aromatic rings. The Balaban J connectivity index is 3.99. The minimum atomic E-state index is -4.39. The van der Waals surface area contributed by atoms with Crippen molar-refractivity contribution in [1.29, 1.82) is 0 Å². The molecule has 0 aliphatic carbocycles. The Kier molecular flexibility index (Phi) is 57.6. The maximum absolute atomic E-state index is 12.9. The number of hydrogen-bond donors (Lipinski definition) is 1. The molecule has 456 valence electrons. The molecule has 0 radical (unpaired) electrons. The highest BCUT2D eigenvalue weighted by molar-refractivity contribution is 7.47. The van der Waals surface area contributed by atoms with Crippen LogP contribution < -0.4 is 0 Å². The molecule has 10 heteroatoms. The average molecular weight is 1120 g/mol. The number of rotatable bonds is 61. The monoisotopic (exact) mass is 1120 g/mol. The Labute approximate surface area is 483 Å². The van der Waals surface area contributed by atoms with Gasteiger partial charge >= 0.3 is 19.8 Å². The van der Waals surface area contributed by atoms with Gasteiger partial charge in [-0.2, -0.15) is 0 Å². The summed E-state index contributed by atoms with van der Waals surface area (Å²) in [4.78, 5) is 35.8. The van der Waals surface area contributed by atoms with Gasteiger partial charge in [-0.15, -0.1) is 0 Å². The summed E-state index contributed by atoms with van der Waals surface area (Å²) in [7, 11) is 1.49. The number of quaternary nitrogens is 1. The number of ether oxygens (including phenoxy) is 2. The van der Waals surface area contributed by atoms with E-state index in [1.54, 1.807) is 0 Å². The van der Waals surface area contributed by atoms with Crippen LogP contribution in [0, 0.1) is 0 Å². The lowest BCUT2D eigenvalue weighted by atomic mass is 10.0. The zero-order chi connectivity index (χ0) is 57.0. The highest BCUT2D eigenvalue weighted by atomic mass is 31.2. The first-order valence-electron chi connectivity index (χ1n) is 33.0. The first-order valence-corrected chi connectivity index (χ1v) is 34.5. The molecule has 0 rings (SSSR count). The van der Waals surface area contributed by atoms with Gasteiger partial charge in [-0.05, 0) is 57.8 Å². The zero-order valence-corrected chi connectivity index (χ0v) is 52.8. The van der Waals surface area contributed by atoms with E-state index >= 15 is 0 Å². The van der Waals surface area contributed by atoms with Gasteiger partial charge < -0.3 is 18.9 Å². The molecule has 0 saturated heterocycles. The Hall–Kier alpha value is -2.29. The second kappa shape index (κ2) is 59.3. The van der Waals surface area contributed by atoms with Crippen molar-refractivity contribution >= 4 is 19.8 Å². The molecule has 0 amide bonds. The van der Waals surface area contributed by atoms with Gasteiger partial charge in [0.1, 0.15) is 19.8 Å². The molecule has 0 aliphatic heterocycles. The van der Waals surface area contributed by atoms with E-state index in [4.69, 9.17) is 18.5 Å². The van der Waals surface area contributed by atoms with Crippen molar-refractivity contribution in [2.75, 3.05) is 47.5 Å². The SMILES string of the molecule is CC/C=C\C/C=C\C/C=C\C/C=C\C/C=C\CCCCCCCCCCCCCCCCCCCCCC(=O)OC(COC(=O)CCCCCCCCCCCCCCCCCCCCC)COP(=O)(O)OCC[N+](C)(C)C. The van der Waals surface area contributed by atoms with Crippen LogP contribution >= 0.6 is 7.82 Å². The predicted octanol–water partition coefficient (Wildman–Crippen LogP) is 21.0. The highest BCUT2D eigenvalue weighted by Gasteiger charge is 2.27. The fraction of sp³-hybridized carbons (Fsp3) is 0.824. The van der Waals surface area contributed by atoms with E-state index in [2.05, 4.69) is 74.6 Å². The quantitative estimate of drug-likeness (QED) is 0.0211. The van der Waals surface area contributed by atoms with E-state index in [-0.39, 0.29) is 25.6 Å². The largest absolute Gasteiger partial charge is 0.472 e. The predicted molar refractivity (Wildman–Crippen MR) is 335 cm³/mol. The fourth-order valence-corrected chi connectivity index (χ4v) is 10.3. The third kappa shape index (κ3) is 62.9. The van der Waals surface area contributed by atoms with Crippen LogP contribution in [0.1, 0.15) is 309 Å². The minimum Gasteiger partial charge on any atom is -0.462 e. The lowest BCUT2D eigenvalue weighted by Gasteiger charge is -2.24. The topological polar surface area (TPSA) is 108 Å². The van der Waals surface area contributed by atoms with Crippen molar-refractivity contribution in [2.45, 2.75) is 315 Å². The van der Waals surface area contributed by atoms with Gasteiger partial charge in [-0.1, -0.05) is 299 Å². The lowest BCUT2D eigenvalue weighted by Crippen LogP contribution is -2.37. The van der Waals surface area contributed by atoms with Crippen LogP contribution in [0.5, 0.6) is 0 Å². The summed E-state index contributed by atoms with van der Waals surface area (Å²) in [6.07, 6.45) is 77.4. The molecule has 0 heterocycles. The molecule has 2 atom stereocenters. The average Bonchev–Trinajstić information content (AvgIpc) is 3.41. The second-order valence-electron chi connectivity index (χ2n) is 23.5. The van der Waals surface area contributed by atoms with Crippen LogP contribution in [0.2, 0.25) is 0 Å². The van der Waals surface area contributed by atoms with Crippen molar-refractivity contribution in [1.82, 2.24) is 0 Å². The van der Waals surface area contributed by atoms with E-state index in [1.165, 1.54) is 212 Å². The van der Waals surface area contributed by atoms with Crippen LogP contribution in [0.4, 0.5) is 0 Å². The second-order valence-corrected chi connectivity index (χ2v) is 24.9. The minimum absolute atomic E-state index is 0.0337. The molecule has 0 bridgehead atoms. The van der Waals surface area contributed by atoms with E-state index < -0.39 is 26.5 Å². The number of carbonyl (C=O) groups excluding carboxylic acids is 2. The number of esters is 2. The molecule has 1 N–H and O–H groups in total. The smallest absolute Gasteiger partial charge is 0.462 e. The van der Waals surface area contributed by atoms with Gasteiger partial charge in [0.05, 0.1) is 27.7 Å². The summed E-state index contributed by atoms with van der Waals surface area (Å²) in [5.74, 6) is -0.780. The van der Waals surface area contributed by atoms with Gasteiger partial charge in [-0.25, -0.2) is 4.57 Å². The molecular weight excluding hydrogens is 990 g/mol. The molecule has 9 nitrogen and oxygen atoms in total. The maximum atomic E-state index is 12.9. The number of carbonyl (C=O) groups is 2. The van der Waals surface area contributed by atoms with Crippen LogP contribution in [-0.4, -0.2) is 74.9 Å². The fourth-order valence-electron chi connectivity index (χ4n) is 9.52. The molecule has 0 aromatic heterocycles. The number of phosphoric ester groups is 1. The van der Waals surface area contributed by atoms with Crippen molar-refractivity contribution in [2.24, 2.45) is 0 Å². The number of phosphoric acid groups is 1.